The van der Waals surface area contributed by atoms with Gasteiger partial charge in [0.2, 0.25) is 0 Å². The SMILES string of the molecule is CCCN(Cc1nnc(C)n1C)C1CCNCC1. The van der Waals surface area contributed by atoms with Gasteiger partial charge in [-0.1, -0.05) is 6.92 Å². The van der Waals surface area contributed by atoms with E-state index in [4.69, 9.17) is 0 Å². The highest BCUT2D eigenvalue weighted by molar-refractivity contribution is 4.93. The van der Waals surface area contributed by atoms with Gasteiger partial charge in [-0.3, -0.25) is 4.90 Å². The van der Waals surface area contributed by atoms with Gasteiger partial charge in [0.1, 0.15) is 11.6 Å². The maximum atomic E-state index is 4.29. The molecule has 102 valence electrons. The number of aryl methyl sites for hydroxylation is 1. The Morgan fingerprint density at radius 1 is 1.33 bits per heavy atom. The molecule has 0 spiro atoms. The van der Waals surface area contributed by atoms with Crippen LogP contribution in [0.2, 0.25) is 0 Å². The molecule has 0 amide bonds. The average Bonchev–Trinajstić information content (AvgIpc) is 2.71. The minimum absolute atomic E-state index is 0.697. The molecule has 1 aliphatic rings. The summed E-state index contributed by atoms with van der Waals surface area (Å²) in [6, 6.07) is 0.697. The summed E-state index contributed by atoms with van der Waals surface area (Å²) in [5.74, 6) is 2.08. The third-order valence-corrected chi connectivity index (χ3v) is 3.86. The highest BCUT2D eigenvalue weighted by Crippen LogP contribution is 2.15. The van der Waals surface area contributed by atoms with E-state index in [9.17, 15) is 0 Å². The highest BCUT2D eigenvalue weighted by Gasteiger charge is 2.22. The first kappa shape index (κ1) is 13.5. The zero-order valence-electron chi connectivity index (χ0n) is 11.8. The molecule has 5 nitrogen and oxygen atoms in total. The Labute approximate surface area is 110 Å². The molecule has 0 radical (unpaired) electrons. The lowest BCUT2D eigenvalue weighted by Crippen LogP contribution is -2.43. The van der Waals surface area contributed by atoms with Gasteiger partial charge in [0.15, 0.2) is 0 Å². The number of rotatable bonds is 5. The molecule has 0 aliphatic carbocycles. The fourth-order valence-corrected chi connectivity index (χ4v) is 2.62. The second-order valence-corrected chi connectivity index (χ2v) is 5.17. The van der Waals surface area contributed by atoms with Crippen LogP contribution in [-0.4, -0.2) is 45.3 Å². The van der Waals surface area contributed by atoms with Crippen molar-refractivity contribution in [3.8, 4) is 0 Å². The van der Waals surface area contributed by atoms with Crippen LogP contribution in [0.15, 0.2) is 0 Å². The van der Waals surface area contributed by atoms with Gasteiger partial charge in [-0.25, -0.2) is 0 Å². The van der Waals surface area contributed by atoms with Crippen molar-refractivity contribution in [1.82, 2.24) is 25.0 Å². The summed E-state index contributed by atoms with van der Waals surface area (Å²) >= 11 is 0. The van der Waals surface area contributed by atoms with Crippen LogP contribution < -0.4 is 5.32 Å². The molecule has 0 saturated carbocycles. The van der Waals surface area contributed by atoms with Gasteiger partial charge in [-0.05, 0) is 45.8 Å². The molecule has 1 saturated heterocycles. The monoisotopic (exact) mass is 251 g/mol. The second-order valence-electron chi connectivity index (χ2n) is 5.17. The first-order chi connectivity index (χ1) is 8.72. The van der Waals surface area contributed by atoms with Crippen molar-refractivity contribution >= 4 is 0 Å². The number of aromatic nitrogens is 3. The van der Waals surface area contributed by atoms with E-state index in [1.807, 2.05) is 6.92 Å². The van der Waals surface area contributed by atoms with E-state index in [1.54, 1.807) is 0 Å². The molecule has 0 unspecified atom stereocenters. The summed E-state index contributed by atoms with van der Waals surface area (Å²) < 4.78 is 2.10. The summed E-state index contributed by atoms with van der Waals surface area (Å²) in [6.45, 7) is 8.61. The van der Waals surface area contributed by atoms with E-state index in [-0.39, 0.29) is 0 Å². The molecule has 0 bridgehead atoms. The van der Waals surface area contributed by atoms with Crippen LogP contribution in [0.25, 0.3) is 0 Å². The van der Waals surface area contributed by atoms with E-state index < -0.39 is 0 Å². The van der Waals surface area contributed by atoms with Crippen LogP contribution in [-0.2, 0) is 13.6 Å². The van der Waals surface area contributed by atoms with Gasteiger partial charge in [0.05, 0.1) is 6.54 Å². The van der Waals surface area contributed by atoms with E-state index >= 15 is 0 Å². The standard InChI is InChI=1S/C13H25N5/c1-4-9-18(12-5-7-14-8-6-12)10-13-16-15-11(2)17(13)3/h12,14H,4-10H2,1-3H3. The normalized spacial score (nSPS) is 17.6. The second kappa shape index (κ2) is 6.29. The van der Waals surface area contributed by atoms with E-state index in [2.05, 4.69) is 39.0 Å². The number of nitrogens with zero attached hydrogens (tertiary/aromatic N) is 4. The summed E-state index contributed by atoms with van der Waals surface area (Å²) in [5, 5.41) is 11.9. The Kier molecular flexibility index (Phi) is 4.72. The summed E-state index contributed by atoms with van der Waals surface area (Å²) in [4.78, 5) is 2.57. The zero-order valence-corrected chi connectivity index (χ0v) is 11.8. The average molecular weight is 251 g/mol. The number of piperidine rings is 1. The number of hydrogen-bond donors (Lipinski definition) is 1. The molecule has 2 rings (SSSR count). The molecule has 1 aliphatic heterocycles. The van der Waals surface area contributed by atoms with Gasteiger partial charge in [-0.15, -0.1) is 10.2 Å². The lowest BCUT2D eigenvalue weighted by Gasteiger charge is -2.34. The topological polar surface area (TPSA) is 46.0 Å². The molecule has 0 aromatic carbocycles. The van der Waals surface area contributed by atoms with Gasteiger partial charge in [0.25, 0.3) is 0 Å². The fraction of sp³-hybridized carbons (Fsp3) is 0.846. The lowest BCUT2D eigenvalue weighted by atomic mass is 10.0. The molecule has 5 heteroatoms. The predicted molar refractivity (Wildman–Crippen MR) is 72.3 cm³/mol. The fourth-order valence-electron chi connectivity index (χ4n) is 2.62. The van der Waals surface area contributed by atoms with Crippen LogP contribution in [0.4, 0.5) is 0 Å². The molecular weight excluding hydrogens is 226 g/mol. The number of nitrogens with one attached hydrogen (secondary N) is 1. The molecule has 1 aromatic rings. The van der Waals surface area contributed by atoms with Crippen molar-refractivity contribution in [2.24, 2.45) is 7.05 Å². The van der Waals surface area contributed by atoms with Crippen molar-refractivity contribution in [2.75, 3.05) is 19.6 Å². The molecule has 1 aromatic heterocycles. The molecule has 1 N–H and O–H groups in total. The van der Waals surface area contributed by atoms with Gasteiger partial charge in [-0.2, -0.15) is 0 Å². The molecule has 18 heavy (non-hydrogen) atoms. The van der Waals surface area contributed by atoms with Crippen LogP contribution in [0.1, 0.15) is 37.8 Å². The summed E-state index contributed by atoms with van der Waals surface area (Å²) in [7, 11) is 2.05. The van der Waals surface area contributed by atoms with Crippen LogP contribution >= 0.6 is 0 Å². The van der Waals surface area contributed by atoms with E-state index in [0.29, 0.717) is 6.04 Å². The molecule has 2 heterocycles. The maximum absolute atomic E-state index is 4.29. The van der Waals surface area contributed by atoms with Gasteiger partial charge >= 0.3 is 0 Å². The van der Waals surface area contributed by atoms with E-state index in [1.165, 1.54) is 19.3 Å². The van der Waals surface area contributed by atoms with Crippen molar-refractivity contribution in [2.45, 2.75) is 45.7 Å². The first-order valence-corrected chi connectivity index (χ1v) is 7.02. The third kappa shape index (κ3) is 3.09. The Bertz CT molecular complexity index is 367. The minimum atomic E-state index is 0.697. The summed E-state index contributed by atoms with van der Waals surface area (Å²) in [5.41, 5.74) is 0. The number of hydrogen-bond acceptors (Lipinski definition) is 4. The van der Waals surface area contributed by atoms with Crippen molar-refractivity contribution in [3.05, 3.63) is 11.6 Å². The quantitative estimate of drug-likeness (QED) is 0.851. The Hall–Kier alpha value is -0.940. The van der Waals surface area contributed by atoms with Crippen LogP contribution in [0.3, 0.4) is 0 Å². The van der Waals surface area contributed by atoms with Crippen LogP contribution in [0, 0.1) is 6.92 Å². The van der Waals surface area contributed by atoms with Gasteiger partial charge < -0.3 is 9.88 Å². The summed E-state index contributed by atoms with van der Waals surface area (Å²) in [6.07, 6.45) is 3.69. The third-order valence-electron chi connectivity index (χ3n) is 3.86. The maximum Gasteiger partial charge on any atom is 0.146 e. The molecule has 0 atom stereocenters. The predicted octanol–water partition coefficient (Wildman–Crippen LogP) is 1.09. The first-order valence-electron chi connectivity index (χ1n) is 7.02. The Balaban J connectivity index is 2.03. The largest absolute Gasteiger partial charge is 0.317 e. The highest BCUT2D eigenvalue weighted by atomic mass is 15.3. The van der Waals surface area contributed by atoms with Crippen LogP contribution in [0.5, 0.6) is 0 Å². The van der Waals surface area contributed by atoms with Crippen molar-refractivity contribution in [1.29, 1.82) is 0 Å². The van der Waals surface area contributed by atoms with Gasteiger partial charge in [0, 0.05) is 13.1 Å². The van der Waals surface area contributed by atoms with Crippen molar-refractivity contribution in [3.63, 3.8) is 0 Å². The molecule has 1 fully saturated rings. The van der Waals surface area contributed by atoms with Crippen molar-refractivity contribution < 1.29 is 0 Å². The Morgan fingerprint density at radius 3 is 2.61 bits per heavy atom. The van der Waals surface area contributed by atoms with E-state index in [0.717, 1.165) is 37.8 Å². The minimum Gasteiger partial charge on any atom is -0.317 e. The zero-order chi connectivity index (χ0) is 13.0. The smallest absolute Gasteiger partial charge is 0.146 e. The Morgan fingerprint density at radius 2 is 2.06 bits per heavy atom. The lowest BCUT2D eigenvalue weighted by molar-refractivity contribution is 0.149. The molecular formula is C13H25N5.